The molecule has 1 aliphatic heterocycles. The molecule has 2 N–H and O–H groups in total. The molecule has 1 aromatic heterocycles. The highest BCUT2D eigenvalue weighted by atomic mass is 15.2. The lowest BCUT2D eigenvalue weighted by molar-refractivity contribution is 0.208. The maximum absolute atomic E-state index is 6.09. The van der Waals surface area contributed by atoms with Gasteiger partial charge in [-0.15, -0.1) is 0 Å². The van der Waals surface area contributed by atoms with Crippen molar-refractivity contribution in [3.8, 4) is 0 Å². The van der Waals surface area contributed by atoms with Crippen LogP contribution in [0, 0.1) is 0 Å². The van der Waals surface area contributed by atoms with E-state index in [0.29, 0.717) is 12.6 Å². The van der Waals surface area contributed by atoms with E-state index in [2.05, 4.69) is 54.9 Å². The van der Waals surface area contributed by atoms with Crippen molar-refractivity contribution in [2.75, 3.05) is 6.54 Å². The largest absolute Gasteiger partial charge is 0.329 e. The van der Waals surface area contributed by atoms with E-state index in [4.69, 9.17) is 5.73 Å². The highest BCUT2D eigenvalue weighted by Crippen LogP contribution is 2.36. The molecule has 2 aromatic rings. The number of hydrogen-bond donors (Lipinski definition) is 1. The smallest absolute Gasteiger partial charge is 0.0544 e. The van der Waals surface area contributed by atoms with Crippen LogP contribution in [0.4, 0.5) is 0 Å². The zero-order valence-electron chi connectivity index (χ0n) is 13.7. The van der Waals surface area contributed by atoms with Crippen LogP contribution >= 0.6 is 0 Å². The summed E-state index contributed by atoms with van der Waals surface area (Å²) in [5.41, 5.74) is 11.5. The fraction of sp³-hybridized carbons (Fsp3) is 0.421. The van der Waals surface area contributed by atoms with E-state index in [1.54, 1.807) is 0 Å². The molecule has 3 nitrogen and oxygen atoms in total. The minimum atomic E-state index is 0.169. The standard InChI is InChI=1S/C19H25N3/c1-19(2,3)15-8-7-14-12-22(18(11-20)17(14)10-15)13-16-6-4-5-9-21-16/h4-10,18H,11-13,20H2,1-3H3. The molecule has 0 radical (unpaired) electrons. The highest BCUT2D eigenvalue weighted by Gasteiger charge is 2.30. The molecule has 116 valence electrons. The Labute approximate surface area is 133 Å². The average Bonchev–Trinajstić information content (AvgIpc) is 2.83. The van der Waals surface area contributed by atoms with Crippen LogP contribution in [0.2, 0.25) is 0 Å². The van der Waals surface area contributed by atoms with E-state index in [0.717, 1.165) is 18.8 Å². The summed E-state index contributed by atoms with van der Waals surface area (Å²) in [6.07, 6.45) is 1.85. The molecule has 0 saturated heterocycles. The van der Waals surface area contributed by atoms with Gasteiger partial charge in [-0.25, -0.2) is 0 Å². The first-order chi connectivity index (χ1) is 10.5. The summed E-state index contributed by atoms with van der Waals surface area (Å²) in [5, 5.41) is 0. The number of nitrogens with zero attached hydrogens (tertiary/aromatic N) is 2. The van der Waals surface area contributed by atoms with Gasteiger partial charge in [0.2, 0.25) is 0 Å². The van der Waals surface area contributed by atoms with E-state index in [1.807, 2.05) is 18.3 Å². The molecule has 0 amide bonds. The summed E-state index contributed by atoms with van der Waals surface area (Å²) in [7, 11) is 0. The summed E-state index contributed by atoms with van der Waals surface area (Å²) >= 11 is 0. The molecule has 3 rings (SSSR count). The van der Waals surface area contributed by atoms with Crippen molar-refractivity contribution >= 4 is 0 Å². The number of nitrogens with two attached hydrogens (primary N) is 1. The van der Waals surface area contributed by atoms with Crippen molar-refractivity contribution in [3.05, 3.63) is 65.0 Å². The summed E-state index contributed by atoms with van der Waals surface area (Å²) < 4.78 is 0. The Bertz CT molecular complexity index is 643. The van der Waals surface area contributed by atoms with Gasteiger partial charge < -0.3 is 5.73 Å². The van der Waals surface area contributed by atoms with Crippen molar-refractivity contribution in [1.82, 2.24) is 9.88 Å². The lowest BCUT2D eigenvalue weighted by atomic mass is 9.85. The Balaban J connectivity index is 1.88. The Morgan fingerprint density at radius 3 is 2.68 bits per heavy atom. The van der Waals surface area contributed by atoms with E-state index in [1.165, 1.54) is 16.7 Å². The first-order valence-corrected chi connectivity index (χ1v) is 7.96. The van der Waals surface area contributed by atoms with Gasteiger partial charge in [0.15, 0.2) is 0 Å². The molecular formula is C19H25N3. The lowest BCUT2D eigenvalue weighted by Crippen LogP contribution is -2.28. The maximum atomic E-state index is 6.09. The Hall–Kier alpha value is -1.71. The van der Waals surface area contributed by atoms with Gasteiger partial charge in [0.05, 0.1) is 5.69 Å². The summed E-state index contributed by atoms with van der Waals surface area (Å²) in [5.74, 6) is 0. The third kappa shape index (κ3) is 2.92. The van der Waals surface area contributed by atoms with Crippen LogP contribution < -0.4 is 5.73 Å². The molecule has 0 aliphatic carbocycles. The monoisotopic (exact) mass is 295 g/mol. The molecule has 1 atom stereocenters. The second-order valence-corrected chi connectivity index (χ2v) is 7.14. The van der Waals surface area contributed by atoms with E-state index in [9.17, 15) is 0 Å². The molecule has 22 heavy (non-hydrogen) atoms. The van der Waals surface area contributed by atoms with Gasteiger partial charge in [-0.05, 0) is 34.2 Å². The van der Waals surface area contributed by atoms with Crippen LogP contribution in [0.3, 0.4) is 0 Å². The summed E-state index contributed by atoms with van der Waals surface area (Å²) in [4.78, 5) is 6.88. The summed E-state index contributed by atoms with van der Waals surface area (Å²) in [6, 6.07) is 13.3. The van der Waals surface area contributed by atoms with Gasteiger partial charge in [-0.1, -0.05) is 45.0 Å². The third-order valence-corrected chi connectivity index (χ3v) is 4.50. The fourth-order valence-corrected chi connectivity index (χ4v) is 3.18. The van der Waals surface area contributed by atoms with Crippen molar-refractivity contribution in [3.63, 3.8) is 0 Å². The van der Waals surface area contributed by atoms with Crippen LogP contribution in [-0.4, -0.2) is 16.4 Å². The van der Waals surface area contributed by atoms with E-state index < -0.39 is 0 Å². The van der Waals surface area contributed by atoms with E-state index >= 15 is 0 Å². The predicted molar refractivity (Wildman–Crippen MR) is 90.4 cm³/mol. The fourth-order valence-electron chi connectivity index (χ4n) is 3.18. The second kappa shape index (κ2) is 5.82. The number of fused-ring (bicyclic) bond motifs is 1. The molecule has 1 aromatic carbocycles. The van der Waals surface area contributed by atoms with Gasteiger partial charge in [0.25, 0.3) is 0 Å². The molecule has 0 spiro atoms. The summed E-state index contributed by atoms with van der Waals surface area (Å²) in [6.45, 7) is 9.22. The topological polar surface area (TPSA) is 42.1 Å². The van der Waals surface area contributed by atoms with Crippen LogP contribution in [0.1, 0.15) is 49.2 Å². The van der Waals surface area contributed by atoms with Crippen LogP contribution in [-0.2, 0) is 18.5 Å². The van der Waals surface area contributed by atoms with Gasteiger partial charge in [-0.2, -0.15) is 0 Å². The van der Waals surface area contributed by atoms with Crippen molar-refractivity contribution in [2.45, 2.75) is 45.3 Å². The SMILES string of the molecule is CC(C)(C)c1ccc2c(c1)C(CN)N(Cc1ccccn1)C2. The first-order valence-electron chi connectivity index (χ1n) is 7.96. The van der Waals surface area contributed by atoms with Crippen molar-refractivity contribution in [2.24, 2.45) is 5.73 Å². The Kier molecular flexibility index (Phi) is 4.02. The third-order valence-electron chi connectivity index (χ3n) is 4.50. The minimum Gasteiger partial charge on any atom is -0.329 e. The number of pyridine rings is 1. The van der Waals surface area contributed by atoms with Crippen LogP contribution in [0.5, 0.6) is 0 Å². The number of rotatable bonds is 3. The maximum Gasteiger partial charge on any atom is 0.0544 e. The number of hydrogen-bond acceptors (Lipinski definition) is 3. The number of aromatic nitrogens is 1. The molecule has 0 bridgehead atoms. The van der Waals surface area contributed by atoms with Gasteiger partial charge in [0.1, 0.15) is 0 Å². The number of benzene rings is 1. The van der Waals surface area contributed by atoms with Gasteiger partial charge >= 0.3 is 0 Å². The van der Waals surface area contributed by atoms with E-state index in [-0.39, 0.29) is 5.41 Å². The van der Waals surface area contributed by atoms with Crippen molar-refractivity contribution < 1.29 is 0 Å². The highest BCUT2D eigenvalue weighted by molar-refractivity contribution is 5.40. The average molecular weight is 295 g/mol. The minimum absolute atomic E-state index is 0.169. The first kappa shape index (κ1) is 15.2. The molecule has 0 fully saturated rings. The zero-order chi connectivity index (χ0) is 15.7. The molecule has 2 heterocycles. The van der Waals surface area contributed by atoms with Crippen LogP contribution in [0.25, 0.3) is 0 Å². The molecule has 1 aliphatic rings. The molecule has 3 heteroatoms. The van der Waals surface area contributed by atoms with Crippen molar-refractivity contribution in [1.29, 1.82) is 0 Å². The Morgan fingerprint density at radius 1 is 1.23 bits per heavy atom. The van der Waals surface area contributed by atoms with Gasteiger partial charge in [0, 0.05) is 31.9 Å². The molecule has 0 saturated carbocycles. The lowest BCUT2D eigenvalue weighted by Gasteiger charge is -2.24. The molecule has 1 unspecified atom stereocenters. The quantitative estimate of drug-likeness (QED) is 0.943. The second-order valence-electron chi connectivity index (χ2n) is 7.14. The zero-order valence-corrected chi connectivity index (χ0v) is 13.7. The molecular weight excluding hydrogens is 270 g/mol. The predicted octanol–water partition coefficient (Wildman–Crippen LogP) is 3.39. The Morgan fingerprint density at radius 2 is 2.05 bits per heavy atom. The van der Waals surface area contributed by atoms with Gasteiger partial charge in [-0.3, -0.25) is 9.88 Å². The van der Waals surface area contributed by atoms with Crippen LogP contribution in [0.15, 0.2) is 42.6 Å². The normalized spacial score (nSPS) is 18.5.